The SMILES string of the molecule is C[C@@H]1CCN(C)CCN[C@@H](C)CCN(C)CCN1. The third kappa shape index (κ3) is 7.31. The molecule has 4 nitrogen and oxygen atoms in total. The summed E-state index contributed by atoms with van der Waals surface area (Å²) in [6.07, 6.45) is 2.46. The molecule has 0 aromatic heterocycles. The predicted molar refractivity (Wildman–Crippen MR) is 79.2 cm³/mol. The van der Waals surface area contributed by atoms with Crippen LogP contribution in [0.1, 0.15) is 26.7 Å². The summed E-state index contributed by atoms with van der Waals surface area (Å²) >= 11 is 0. The topological polar surface area (TPSA) is 30.5 Å². The van der Waals surface area contributed by atoms with Gasteiger partial charge in [-0.3, -0.25) is 0 Å². The molecule has 0 amide bonds. The first kappa shape index (κ1) is 15.9. The van der Waals surface area contributed by atoms with Gasteiger partial charge in [0.15, 0.2) is 0 Å². The summed E-state index contributed by atoms with van der Waals surface area (Å²) in [7, 11) is 4.44. The molecule has 0 aromatic carbocycles. The van der Waals surface area contributed by atoms with Crippen LogP contribution >= 0.6 is 0 Å². The van der Waals surface area contributed by atoms with Crippen molar-refractivity contribution in [3.05, 3.63) is 0 Å². The maximum Gasteiger partial charge on any atom is 0.0104 e. The van der Waals surface area contributed by atoms with Crippen molar-refractivity contribution in [2.45, 2.75) is 38.8 Å². The molecule has 1 rings (SSSR count). The first-order valence-corrected chi connectivity index (χ1v) is 7.41. The van der Waals surface area contributed by atoms with Crippen LogP contribution in [0.15, 0.2) is 0 Å². The van der Waals surface area contributed by atoms with E-state index in [9.17, 15) is 0 Å². The average Bonchev–Trinajstić information content (AvgIpc) is 2.33. The normalized spacial score (nSPS) is 32.0. The molecule has 0 spiro atoms. The lowest BCUT2D eigenvalue weighted by Gasteiger charge is -2.25. The van der Waals surface area contributed by atoms with E-state index in [0.29, 0.717) is 12.1 Å². The zero-order valence-corrected chi connectivity index (χ0v) is 12.7. The van der Waals surface area contributed by atoms with Crippen molar-refractivity contribution >= 4 is 0 Å². The molecule has 0 saturated carbocycles. The zero-order chi connectivity index (χ0) is 13.4. The van der Waals surface area contributed by atoms with E-state index < -0.39 is 0 Å². The van der Waals surface area contributed by atoms with Crippen molar-refractivity contribution in [2.24, 2.45) is 0 Å². The van der Waals surface area contributed by atoms with E-state index in [-0.39, 0.29) is 0 Å². The minimum Gasteiger partial charge on any atom is -0.313 e. The van der Waals surface area contributed by atoms with Crippen molar-refractivity contribution in [3.8, 4) is 0 Å². The van der Waals surface area contributed by atoms with E-state index in [2.05, 4.69) is 48.4 Å². The Morgan fingerprint density at radius 1 is 0.722 bits per heavy atom. The Morgan fingerprint density at radius 2 is 1.11 bits per heavy atom. The highest BCUT2D eigenvalue weighted by atomic mass is 15.1. The Kier molecular flexibility index (Phi) is 7.82. The summed E-state index contributed by atoms with van der Waals surface area (Å²) in [5.74, 6) is 0. The molecule has 0 aliphatic carbocycles. The number of hydrogen-bond acceptors (Lipinski definition) is 4. The van der Waals surface area contributed by atoms with Crippen LogP contribution in [0.2, 0.25) is 0 Å². The van der Waals surface area contributed by atoms with Crippen LogP contribution in [-0.2, 0) is 0 Å². The van der Waals surface area contributed by atoms with Gasteiger partial charge in [-0.05, 0) is 53.9 Å². The largest absolute Gasteiger partial charge is 0.313 e. The van der Waals surface area contributed by atoms with Gasteiger partial charge in [-0.1, -0.05) is 0 Å². The summed E-state index contributed by atoms with van der Waals surface area (Å²) in [5.41, 5.74) is 0. The number of hydrogen-bond donors (Lipinski definition) is 2. The van der Waals surface area contributed by atoms with Crippen molar-refractivity contribution in [1.82, 2.24) is 20.4 Å². The van der Waals surface area contributed by atoms with Gasteiger partial charge in [0.25, 0.3) is 0 Å². The molecule has 1 saturated heterocycles. The van der Waals surface area contributed by atoms with Gasteiger partial charge in [0, 0.05) is 38.3 Å². The van der Waals surface area contributed by atoms with Crippen LogP contribution in [0.5, 0.6) is 0 Å². The lowest BCUT2D eigenvalue weighted by atomic mass is 10.2. The molecule has 2 N–H and O–H groups in total. The second-order valence-electron chi connectivity index (χ2n) is 5.89. The van der Waals surface area contributed by atoms with Crippen LogP contribution in [-0.4, -0.2) is 75.2 Å². The fourth-order valence-corrected chi connectivity index (χ4v) is 2.26. The van der Waals surface area contributed by atoms with E-state index in [1.54, 1.807) is 0 Å². The molecule has 0 bridgehead atoms. The lowest BCUT2D eigenvalue weighted by Crippen LogP contribution is -2.41. The van der Waals surface area contributed by atoms with E-state index in [1.165, 1.54) is 25.9 Å². The maximum absolute atomic E-state index is 3.61. The summed E-state index contributed by atoms with van der Waals surface area (Å²) in [5, 5.41) is 7.23. The number of nitrogens with zero attached hydrogens (tertiary/aromatic N) is 2. The minimum absolute atomic E-state index is 0.621. The molecule has 108 valence electrons. The molecule has 1 aliphatic rings. The Labute approximate surface area is 113 Å². The Morgan fingerprint density at radius 3 is 1.50 bits per heavy atom. The molecule has 1 heterocycles. The van der Waals surface area contributed by atoms with Crippen LogP contribution in [0.4, 0.5) is 0 Å². The van der Waals surface area contributed by atoms with Gasteiger partial charge in [-0.25, -0.2) is 0 Å². The van der Waals surface area contributed by atoms with E-state index >= 15 is 0 Å². The Balaban J connectivity index is 2.36. The van der Waals surface area contributed by atoms with Gasteiger partial charge >= 0.3 is 0 Å². The highest BCUT2D eigenvalue weighted by Gasteiger charge is 2.08. The first-order chi connectivity index (χ1) is 8.58. The summed E-state index contributed by atoms with van der Waals surface area (Å²) in [6.45, 7) is 11.4. The number of rotatable bonds is 0. The summed E-state index contributed by atoms with van der Waals surface area (Å²) in [4.78, 5) is 4.85. The fourth-order valence-electron chi connectivity index (χ4n) is 2.26. The second-order valence-corrected chi connectivity index (χ2v) is 5.89. The summed E-state index contributed by atoms with van der Waals surface area (Å²) < 4.78 is 0. The first-order valence-electron chi connectivity index (χ1n) is 7.41. The van der Waals surface area contributed by atoms with Crippen LogP contribution in [0, 0.1) is 0 Å². The highest BCUT2D eigenvalue weighted by Crippen LogP contribution is 1.97. The standard InChI is InChI=1S/C14H32N4/c1-13-5-9-17(3)12-8-16-14(2)6-10-18(4)11-7-15-13/h13-16H,5-12H2,1-4H3/t13-,14+. The fraction of sp³-hybridized carbons (Fsp3) is 1.00. The van der Waals surface area contributed by atoms with Crippen molar-refractivity contribution < 1.29 is 0 Å². The highest BCUT2D eigenvalue weighted by molar-refractivity contribution is 4.69. The third-order valence-corrected chi connectivity index (χ3v) is 3.86. The molecule has 1 aliphatic heterocycles. The molecular formula is C14H32N4. The molecule has 4 heteroatoms. The zero-order valence-electron chi connectivity index (χ0n) is 12.7. The molecular weight excluding hydrogens is 224 g/mol. The van der Waals surface area contributed by atoms with Gasteiger partial charge in [0.1, 0.15) is 0 Å². The molecule has 1 fully saturated rings. The van der Waals surface area contributed by atoms with Crippen molar-refractivity contribution in [3.63, 3.8) is 0 Å². The molecule has 18 heavy (non-hydrogen) atoms. The van der Waals surface area contributed by atoms with Gasteiger partial charge in [0.05, 0.1) is 0 Å². The number of nitrogens with one attached hydrogen (secondary N) is 2. The smallest absolute Gasteiger partial charge is 0.0104 e. The predicted octanol–water partition coefficient (Wildman–Crippen LogP) is 0.600. The van der Waals surface area contributed by atoms with Crippen molar-refractivity contribution in [2.75, 3.05) is 53.4 Å². The van der Waals surface area contributed by atoms with Gasteiger partial charge < -0.3 is 20.4 Å². The number of likely N-dealkylation sites (N-methyl/N-ethyl adjacent to an activating group) is 2. The average molecular weight is 256 g/mol. The molecule has 0 radical (unpaired) electrons. The van der Waals surface area contributed by atoms with E-state index in [4.69, 9.17) is 0 Å². The van der Waals surface area contributed by atoms with E-state index in [1.807, 2.05) is 0 Å². The Hall–Kier alpha value is -0.160. The minimum atomic E-state index is 0.621. The van der Waals surface area contributed by atoms with Crippen LogP contribution in [0.25, 0.3) is 0 Å². The quantitative estimate of drug-likeness (QED) is 0.664. The lowest BCUT2D eigenvalue weighted by molar-refractivity contribution is 0.272. The van der Waals surface area contributed by atoms with Crippen LogP contribution < -0.4 is 10.6 Å². The summed E-state index contributed by atoms with van der Waals surface area (Å²) in [6, 6.07) is 1.24. The maximum atomic E-state index is 3.61. The molecule has 0 unspecified atom stereocenters. The third-order valence-electron chi connectivity index (χ3n) is 3.86. The van der Waals surface area contributed by atoms with Crippen molar-refractivity contribution in [1.29, 1.82) is 0 Å². The van der Waals surface area contributed by atoms with Crippen LogP contribution in [0.3, 0.4) is 0 Å². The Bertz CT molecular complexity index is 168. The van der Waals surface area contributed by atoms with Gasteiger partial charge in [-0.15, -0.1) is 0 Å². The van der Waals surface area contributed by atoms with Gasteiger partial charge in [-0.2, -0.15) is 0 Å². The monoisotopic (exact) mass is 256 g/mol. The second kappa shape index (κ2) is 8.86. The van der Waals surface area contributed by atoms with E-state index in [0.717, 1.165) is 26.2 Å². The molecule has 2 atom stereocenters. The van der Waals surface area contributed by atoms with Gasteiger partial charge in [0.2, 0.25) is 0 Å². The molecule has 0 aromatic rings.